The summed E-state index contributed by atoms with van der Waals surface area (Å²) in [6, 6.07) is 10.1. The number of fused-ring (bicyclic) bond motifs is 1. The summed E-state index contributed by atoms with van der Waals surface area (Å²) in [7, 11) is 0. The van der Waals surface area contributed by atoms with Crippen LogP contribution in [0.5, 0.6) is 0 Å². The maximum Gasteiger partial charge on any atom is 0.150 e. The van der Waals surface area contributed by atoms with Crippen molar-refractivity contribution in [2.75, 3.05) is 11.4 Å². The van der Waals surface area contributed by atoms with Crippen molar-refractivity contribution >= 4 is 28.6 Å². The van der Waals surface area contributed by atoms with E-state index in [1.54, 1.807) is 4.90 Å². The van der Waals surface area contributed by atoms with Gasteiger partial charge in [-0.25, -0.2) is 8.78 Å². The van der Waals surface area contributed by atoms with E-state index < -0.39 is 11.6 Å². The molecule has 0 amide bonds. The number of aryl methyl sites for hydroxylation is 1. The molecule has 3 rings (SSSR count). The molecule has 2 aromatic carbocycles. The van der Waals surface area contributed by atoms with Gasteiger partial charge in [-0.1, -0.05) is 30.4 Å². The first-order valence-electron chi connectivity index (χ1n) is 6.72. The van der Waals surface area contributed by atoms with Gasteiger partial charge in [-0.2, -0.15) is 0 Å². The average molecular weight is 304 g/mol. The molecule has 0 saturated heterocycles. The monoisotopic (exact) mass is 304 g/mol. The lowest BCUT2D eigenvalue weighted by atomic mass is 10.0. The van der Waals surface area contributed by atoms with E-state index in [9.17, 15) is 8.78 Å². The van der Waals surface area contributed by atoms with E-state index in [2.05, 4.69) is 0 Å². The van der Waals surface area contributed by atoms with Crippen LogP contribution in [0, 0.1) is 11.6 Å². The van der Waals surface area contributed by atoms with Crippen molar-refractivity contribution in [1.29, 1.82) is 0 Å². The molecular weight excluding hydrogens is 290 g/mol. The van der Waals surface area contributed by atoms with Crippen LogP contribution in [0.15, 0.2) is 36.4 Å². The van der Waals surface area contributed by atoms with Gasteiger partial charge in [0.1, 0.15) is 10.7 Å². The zero-order valence-electron chi connectivity index (χ0n) is 11.3. The fraction of sp³-hybridized carbons (Fsp3) is 0.188. The van der Waals surface area contributed by atoms with Crippen LogP contribution in [-0.2, 0) is 6.42 Å². The first-order valence-corrected chi connectivity index (χ1v) is 7.13. The lowest BCUT2D eigenvalue weighted by Gasteiger charge is -2.31. The maximum absolute atomic E-state index is 14.4. The van der Waals surface area contributed by atoms with E-state index in [1.807, 2.05) is 24.3 Å². The van der Waals surface area contributed by atoms with Crippen molar-refractivity contribution in [3.8, 4) is 0 Å². The van der Waals surface area contributed by atoms with E-state index in [-0.39, 0.29) is 16.2 Å². The van der Waals surface area contributed by atoms with Crippen LogP contribution in [0.4, 0.5) is 20.2 Å². The van der Waals surface area contributed by atoms with E-state index in [0.717, 1.165) is 24.1 Å². The number of thiocarbonyl (C=S) groups is 1. The van der Waals surface area contributed by atoms with Crippen molar-refractivity contribution in [1.82, 2.24) is 0 Å². The SMILES string of the molecule is NC(=S)c1cc(F)c(N2CCCc3ccccc32)c(F)c1. The predicted octanol–water partition coefficient (Wildman–Crippen LogP) is 3.68. The Hall–Kier alpha value is -2.01. The number of anilines is 2. The Kier molecular flexibility index (Phi) is 3.59. The number of hydrogen-bond acceptors (Lipinski definition) is 2. The number of benzene rings is 2. The minimum absolute atomic E-state index is 0.0154. The lowest BCUT2D eigenvalue weighted by Crippen LogP contribution is -2.26. The normalized spacial score (nSPS) is 13.9. The molecule has 1 aliphatic rings. The Labute approximate surface area is 127 Å². The van der Waals surface area contributed by atoms with Gasteiger partial charge in [0.15, 0.2) is 11.6 Å². The highest BCUT2D eigenvalue weighted by Crippen LogP contribution is 2.36. The van der Waals surface area contributed by atoms with Crippen LogP contribution < -0.4 is 10.6 Å². The quantitative estimate of drug-likeness (QED) is 0.858. The summed E-state index contributed by atoms with van der Waals surface area (Å²) in [6.45, 7) is 0.581. The number of halogens is 2. The molecule has 0 spiro atoms. The second-order valence-electron chi connectivity index (χ2n) is 5.04. The van der Waals surface area contributed by atoms with Crippen molar-refractivity contribution < 1.29 is 8.78 Å². The minimum Gasteiger partial charge on any atom is -0.389 e. The van der Waals surface area contributed by atoms with Gasteiger partial charge in [0.05, 0.1) is 0 Å². The van der Waals surface area contributed by atoms with Crippen molar-refractivity contribution in [3.63, 3.8) is 0 Å². The molecule has 108 valence electrons. The number of hydrogen-bond donors (Lipinski definition) is 1. The molecule has 0 atom stereocenters. The molecule has 0 fully saturated rings. The number of rotatable bonds is 2. The fourth-order valence-corrected chi connectivity index (χ4v) is 2.85. The first-order chi connectivity index (χ1) is 10.1. The molecular formula is C16H14F2N2S. The molecule has 0 aromatic heterocycles. The van der Waals surface area contributed by atoms with E-state index >= 15 is 0 Å². The summed E-state index contributed by atoms with van der Waals surface area (Å²) in [5.41, 5.74) is 7.55. The molecule has 1 heterocycles. The van der Waals surface area contributed by atoms with Gasteiger partial charge in [-0.15, -0.1) is 0 Å². The Morgan fingerprint density at radius 3 is 2.48 bits per heavy atom. The Morgan fingerprint density at radius 1 is 1.14 bits per heavy atom. The minimum atomic E-state index is -0.644. The number of nitrogens with two attached hydrogens (primary N) is 1. The van der Waals surface area contributed by atoms with Crippen molar-refractivity contribution in [3.05, 3.63) is 59.2 Å². The van der Waals surface area contributed by atoms with Gasteiger partial charge < -0.3 is 10.6 Å². The zero-order chi connectivity index (χ0) is 15.0. The second kappa shape index (κ2) is 5.41. The summed E-state index contributed by atoms with van der Waals surface area (Å²) >= 11 is 4.77. The van der Waals surface area contributed by atoms with Crippen LogP contribution >= 0.6 is 12.2 Å². The summed E-state index contributed by atoms with van der Waals surface area (Å²) in [5.74, 6) is -1.29. The van der Waals surface area contributed by atoms with Crippen molar-refractivity contribution in [2.24, 2.45) is 5.73 Å². The molecule has 5 heteroatoms. The van der Waals surface area contributed by atoms with Gasteiger partial charge in [0, 0.05) is 17.8 Å². The summed E-state index contributed by atoms with van der Waals surface area (Å²) in [4.78, 5) is 1.67. The molecule has 0 saturated carbocycles. The third kappa shape index (κ3) is 2.49. The van der Waals surface area contributed by atoms with E-state index in [4.69, 9.17) is 18.0 Å². The Morgan fingerprint density at radius 2 is 1.81 bits per heavy atom. The fourth-order valence-electron chi connectivity index (χ4n) is 2.73. The van der Waals surface area contributed by atoms with E-state index in [1.165, 1.54) is 12.1 Å². The van der Waals surface area contributed by atoms with Crippen LogP contribution in [-0.4, -0.2) is 11.5 Å². The van der Waals surface area contributed by atoms with Gasteiger partial charge in [0.2, 0.25) is 0 Å². The Balaban J connectivity index is 2.12. The summed E-state index contributed by atoms with van der Waals surface area (Å²) < 4.78 is 28.7. The highest BCUT2D eigenvalue weighted by atomic mass is 32.1. The molecule has 1 aliphatic heterocycles. The van der Waals surface area contributed by atoms with Gasteiger partial charge >= 0.3 is 0 Å². The molecule has 0 radical (unpaired) electrons. The van der Waals surface area contributed by atoms with Gasteiger partial charge in [-0.3, -0.25) is 0 Å². The van der Waals surface area contributed by atoms with Crippen LogP contribution in [0.25, 0.3) is 0 Å². The molecule has 21 heavy (non-hydrogen) atoms. The van der Waals surface area contributed by atoms with E-state index in [0.29, 0.717) is 6.54 Å². The van der Waals surface area contributed by atoms with Crippen molar-refractivity contribution in [2.45, 2.75) is 12.8 Å². The highest BCUT2D eigenvalue weighted by Gasteiger charge is 2.24. The maximum atomic E-state index is 14.4. The molecule has 0 unspecified atom stereocenters. The zero-order valence-corrected chi connectivity index (χ0v) is 12.1. The van der Waals surface area contributed by atoms with Crippen LogP contribution in [0.2, 0.25) is 0 Å². The highest BCUT2D eigenvalue weighted by molar-refractivity contribution is 7.80. The molecule has 0 bridgehead atoms. The lowest BCUT2D eigenvalue weighted by molar-refractivity contribution is 0.575. The van der Waals surface area contributed by atoms with Gasteiger partial charge in [-0.05, 0) is 36.6 Å². The average Bonchev–Trinajstić information content (AvgIpc) is 2.46. The standard InChI is InChI=1S/C16H14F2N2S/c17-12-8-11(16(19)21)9-13(18)15(12)20-7-3-5-10-4-1-2-6-14(10)20/h1-2,4,6,8-9H,3,5,7H2,(H2,19,21). The number of para-hydroxylation sites is 1. The van der Waals surface area contributed by atoms with Gasteiger partial charge in [0.25, 0.3) is 0 Å². The third-order valence-corrected chi connectivity index (χ3v) is 3.92. The second-order valence-corrected chi connectivity index (χ2v) is 5.48. The predicted molar refractivity (Wildman–Crippen MR) is 84.0 cm³/mol. The smallest absolute Gasteiger partial charge is 0.150 e. The summed E-state index contributed by atoms with van der Waals surface area (Å²) in [5, 5.41) is 0. The largest absolute Gasteiger partial charge is 0.389 e. The molecule has 2 nitrogen and oxygen atoms in total. The molecule has 2 N–H and O–H groups in total. The Bertz CT molecular complexity index is 692. The summed E-state index contributed by atoms with van der Waals surface area (Å²) in [6.07, 6.45) is 1.77. The first kappa shape index (κ1) is 13.9. The van der Waals surface area contributed by atoms with Crippen LogP contribution in [0.1, 0.15) is 17.5 Å². The molecule has 2 aromatic rings. The molecule has 0 aliphatic carbocycles. The topological polar surface area (TPSA) is 29.3 Å². The van der Waals surface area contributed by atoms with Crippen LogP contribution in [0.3, 0.4) is 0 Å². The third-order valence-electron chi connectivity index (χ3n) is 3.68. The number of nitrogens with zero attached hydrogens (tertiary/aromatic N) is 1.